The van der Waals surface area contributed by atoms with Gasteiger partial charge < -0.3 is 9.47 Å². The number of para-hydroxylation sites is 1. The molecule has 0 spiro atoms. The molecular formula is C16H20O2. The number of rotatable bonds is 2. The summed E-state index contributed by atoms with van der Waals surface area (Å²) in [7, 11) is 0. The van der Waals surface area contributed by atoms with Crippen molar-refractivity contribution in [3.8, 4) is 5.75 Å². The lowest BCUT2D eigenvalue weighted by atomic mass is 10.0. The second-order valence-corrected chi connectivity index (χ2v) is 5.10. The lowest BCUT2D eigenvalue weighted by molar-refractivity contribution is -0.0625. The second-order valence-electron chi connectivity index (χ2n) is 5.10. The third-order valence-electron chi connectivity index (χ3n) is 3.74. The molecule has 0 radical (unpaired) electrons. The minimum absolute atomic E-state index is 0.0933. The zero-order valence-electron chi connectivity index (χ0n) is 10.7. The van der Waals surface area contributed by atoms with Gasteiger partial charge in [-0.05, 0) is 43.4 Å². The summed E-state index contributed by atoms with van der Waals surface area (Å²) in [6, 6.07) is 9.96. The van der Waals surface area contributed by atoms with Crippen LogP contribution in [0, 0.1) is 0 Å². The Morgan fingerprint density at radius 3 is 2.67 bits per heavy atom. The van der Waals surface area contributed by atoms with Crippen LogP contribution in [-0.2, 0) is 4.74 Å². The topological polar surface area (TPSA) is 18.5 Å². The van der Waals surface area contributed by atoms with Crippen LogP contribution in [-0.4, -0.2) is 6.29 Å². The molecule has 1 unspecified atom stereocenters. The first-order valence-electron chi connectivity index (χ1n) is 7.01. The monoisotopic (exact) mass is 244 g/mol. The van der Waals surface area contributed by atoms with E-state index < -0.39 is 0 Å². The largest absolute Gasteiger partial charge is 0.459 e. The molecule has 2 nitrogen and oxygen atoms in total. The van der Waals surface area contributed by atoms with E-state index in [2.05, 4.69) is 0 Å². The Balaban J connectivity index is 1.65. The van der Waals surface area contributed by atoms with Crippen LogP contribution in [0.5, 0.6) is 5.75 Å². The average Bonchev–Trinajstić information content (AvgIpc) is 2.64. The fraction of sp³-hybridized carbons (Fsp3) is 0.500. The van der Waals surface area contributed by atoms with Gasteiger partial charge in [-0.2, -0.15) is 0 Å². The predicted molar refractivity (Wildman–Crippen MR) is 71.3 cm³/mol. The third kappa shape index (κ3) is 2.69. The Morgan fingerprint density at radius 1 is 0.944 bits per heavy atom. The van der Waals surface area contributed by atoms with Crippen LogP contribution < -0.4 is 4.74 Å². The molecule has 18 heavy (non-hydrogen) atoms. The van der Waals surface area contributed by atoms with Gasteiger partial charge in [0, 0.05) is 12.8 Å². The van der Waals surface area contributed by atoms with E-state index in [0.29, 0.717) is 0 Å². The quantitative estimate of drug-likeness (QED) is 0.766. The molecule has 0 saturated heterocycles. The average molecular weight is 244 g/mol. The fourth-order valence-corrected chi connectivity index (χ4v) is 2.77. The van der Waals surface area contributed by atoms with Gasteiger partial charge in [0.25, 0.3) is 0 Å². The first-order chi connectivity index (χ1) is 8.92. The summed E-state index contributed by atoms with van der Waals surface area (Å²) < 4.78 is 11.9. The zero-order valence-corrected chi connectivity index (χ0v) is 10.7. The van der Waals surface area contributed by atoms with E-state index >= 15 is 0 Å². The first kappa shape index (κ1) is 11.6. The van der Waals surface area contributed by atoms with Crippen LogP contribution in [0.4, 0.5) is 0 Å². The highest BCUT2D eigenvalue weighted by Crippen LogP contribution is 2.34. The van der Waals surface area contributed by atoms with Crippen molar-refractivity contribution in [2.45, 2.75) is 51.2 Å². The molecule has 0 N–H and O–H groups in total. The summed E-state index contributed by atoms with van der Waals surface area (Å²) in [6.45, 7) is 0. The second kappa shape index (κ2) is 5.47. The molecule has 2 heteroatoms. The molecule has 2 aliphatic rings. The molecule has 1 aliphatic carbocycles. The zero-order chi connectivity index (χ0) is 12.2. The Morgan fingerprint density at radius 2 is 1.78 bits per heavy atom. The number of hydrogen-bond donors (Lipinski definition) is 0. The molecule has 0 bridgehead atoms. The van der Waals surface area contributed by atoms with Gasteiger partial charge in [-0.25, -0.2) is 0 Å². The molecule has 1 heterocycles. The van der Waals surface area contributed by atoms with Gasteiger partial charge in [0.2, 0.25) is 6.29 Å². The molecule has 3 rings (SSSR count). The van der Waals surface area contributed by atoms with Crippen molar-refractivity contribution in [2.24, 2.45) is 0 Å². The van der Waals surface area contributed by atoms with Gasteiger partial charge in [-0.3, -0.25) is 0 Å². The van der Waals surface area contributed by atoms with Crippen LogP contribution in [0.2, 0.25) is 0 Å². The van der Waals surface area contributed by atoms with E-state index in [1.807, 2.05) is 30.3 Å². The summed E-state index contributed by atoms with van der Waals surface area (Å²) in [5, 5.41) is 0. The van der Waals surface area contributed by atoms with Crippen molar-refractivity contribution in [1.29, 1.82) is 0 Å². The third-order valence-corrected chi connectivity index (χ3v) is 3.74. The number of hydrogen-bond acceptors (Lipinski definition) is 2. The molecule has 1 atom stereocenters. The van der Waals surface area contributed by atoms with E-state index in [4.69, 9.17) is 9.47 Å². The highest BCUT2D eigenvalue weighted by atomic mass is 16.7. The maximum Gasteiger partial charge on any atom is 0.240 e. The van der Waals surface area contributed by atoms with E-state index in [0.717, 1.165) is 25.0 Å². The van der Waals surface area contributed by atoms with Crippen molar-refractivity contribution in [3.05, 3.63) is 41.7 Å². The molecule has 0 aromatic heterocycles. The lowest BCUT2D eigenvalue weighted by Gasteiger charge is -2.28. The van der Waals surface area contributed by atoms with E-state index in [-0.39, 0.29) is 6.29 Å². The van der Waals surface area contributed by atoms with Gasteiger partial charge in [0.15, 0.2) is 0 Å². The molecule has 1 aromatic rings. The van der Waals surface area contributed by atoms with Gasteiger partial charge in [0.1, 0.15) is 5.75 Å². The minimum Gasteiger partial charge on any atom is -0.459 e. The van der Waals surface area contributed by atoms with E-state index in [9.17, 15) is 0 Å². The first-order valence-corrected chi connectivity index (χ1v) is 7.01. The number of ether oxygens (including phenoxy) is 2. The SMILES string of the molecule is c1ccc(OC2CCC3=C(CCCCC3)O2)cc1. The Hall–Kier alpha value is -1.44. The molecule has 1 aliphatic heterocycles. The van der Waals surface area contributed by atoms with Gasteiger partial charge in [0.05, 0.1) is 5.76 Å². The Bertz CT molecular complexity index is 422. The van der Waals surface area contributed by atoms with Crippen LogP contribution >= 0.6 is 0 Å². The maximum absolute atomic E-state index is 6.03. The summed E-state index contributed by atoms with van der Waals surface area (Å²) in [5.41, 5.74) is 1.54. The molecular weight excluding hydrogens is 224 g/mol. The molecule has 96 valence electrons. The smallest absolute Gasteiger partial charge is 0.240 e. The van der Waals surface area contributed by atoms with Gasteiger partial charge in [-0.1, -0.05) is 24.6 Å². The molecule has 0 fully saturated rings. The summed E-state index contributed by atoms with van der Waals surface area (Å²) in [5.74, 6) is 2.12. The lowest BCUT2D eigenvalue weighted by Crippen LogP contribution is -2.24. The van der Waals surface area contributed by atoms with E-state index in [1.165, 1.54) is 31.4 Å². The Labute approximate surface area is 109 Å². The molecule has 0 amide bonds. The fourth-order valence-electron chi connectivity index (χ4n) is 2.77. The van der Waals surface area contributed by atoms with Crippen molar-refractivity contribution >= 4 is 0 Å². The van der Waals surface area contributed by atoms with Crippen LogP contribution in [0.15, 0.2) is 41.7 Å². The highest BCUT2D eigenvalue weighted by molar-refractivity contribution is 5.21. The predicted octanol–water partition coefficient (Wildman–Crippen LogP) is 4.42. The number of allylic oxidation sites excluding steroid dienone is 2. The van der Waals surface area contributed by atoms with Crippen LogP contribution in [0.25, 0.3) is 0 Å². The highest BCUT2D eigenvalue weighted by Gasteiger charge is 2.24. The van der Waals surface area contributed by atoms with Crippen LogP contribution in [0.3, 0.4) is 0 Å². The van der Waals surface area contributed by atoms with Crippen LogP contribution in [0.1, 0.15) is 44.9 Å². The Kier molecular flexibility index (Phi) is 3.54. The number of benzene rings is 1. The van der Waals surface area contributed by atoms with Crippen molar-refractivity contribution in [1.82, 2.24) is 0 Å². The van der Waals surface area contributed by atoms with Crippen molar-refractivity contribution in [2.75, 3.05) is 0 Å². The maximum atomic E-state index is 6.03. The standard InChI is InChI=1S/C16H20O2/c1-3-7-13-11-12-16(18-15(13)10-6-1)17-14-8-4-2-5-9-14/h2,4-5,8-9,16H,1,3,6-7,10-12H2. The summed E-state index contributed by atoms with van der Waals surface area (Å²) in [4.78, 5) is 0. The minimum atomic E-state index is -0.0933. The normalized spacial score (nSPS) is 23.9. The van der Waals surface area contributed by atoms with Crippen molar-refractivity contribution in [3.63, 3.8) is 0 Å². The summed E-state index contributed by atoms with van der Waals surface area (Å²) >= 11 is 0. The molecule has 1 aromatic carbocycles. The van der Waals surface area contributed by atoms with Gasteiger partial charge >= 0.3 is 0 Å². The molecule has 0 saturated carbocycles. The van der Waals surface area contributed by atoms with E-state index in [1.54, 1.807) is 5.57 Å². The van der Waals surface area contributed by atoms with Crippen molar-refractivity contribution < 1.29 is 9.47 Å². The van der Waals surface area contributed by atoms with Gasteiger partial charge in [-0.15, -0.1) is 0 Å². The summed E-state index contributed by atoms with van der Waals surface area (Å²) in [6.07, 6.45) is 8.28.